The van der Waals surface area contributed by atoms with Crippen LogP contribution in [0.25, 0.3) is 0 Å². The predicted octanol–water partition coefficient (Wildman–Crippen LogP) is 3.29. The largest absolute Gasteiger partial charge is 0.335 e. The molecule has 2 aliphatic carbocycles. The summed E-state index contributed by atoms with van der Waals surface area (Å²) in [7, 11) is 0. The molecular weight excluding hydrogens is 204 g/mol. The quantitative estimate of drug-likeness (QED) is 0.775. The summed E-state index contributed by atoms with van der Waals surface area (Å²) in [6.07, 6.45) is 7.99. The van der Waals surface area contributed by atoms with E-state index in [1.54, 1.807) is 0 Å². The van der Waals surface area contributed by atoms with Gasteiger partial charge in [-0.05, 0) is 62.6 Å². The molecule has 1 aromatic rings. The summed E-state index contributed by atoms with van der Waals surface area (Å²) in [6.45, 7) is 3.23. The first-order valence-corrected chi connectivity index (χ1v) is 6.41. The molecule has 0 unspecified atom stereocenters. The number of aryl methyl sites for hydroxylation is 1. The SMILES string of the molecule is Cc1cn(CC(C2CC2)C2CC2)c(=S)[nH]1. The summed E-state index contributed by atoms with van der Waals surface area (Å²) in [5.41, 5.74) is 1.19. The summed E-state index contributed by atoms with van der Waals surface area (Å²) in [4.78, 5) is 3.21. The Balaban J connectivity index is 1.77. The second-order valence-electron chi connectivity index (χ2n) is 5.23. The van der Waals surface area contributed by atoms with Crippen LogP contribution in [0.15, 0.2) is 6.20 Å². The summed E-state index contributed by atoms with van der Waals surface area (Å²) < 4.78 is 3.14. The van der Waals surface area contributed by atoms with E-state index in [4.69, 9.17) is 12.2 Å². The van der Waals surface area contributed by atoms with E-state index in [1.165, 1.54) is 31.4 Å². The number of imidazole rings is 1. The molecule has 0 aromatic carbocycles. The van der Waals surface area contributed by atoms with Crippen LogP contribution in [0.1, 0.15) is 31.4 Å². The first-order valence-electron chi connectivity index (χ1n) is 6.00. The van der Waals surface area contributed by atoms with Crippen molar-refractivity contribution in [2.24, 2.45) is 17.8 Å². The zero-order chi connectivity index (χ0) is 10.4. The number of rotatable bonds is 4. The van der Waals surface area contributed by atoms with Gasteiger partial charge in [0.05, 0.1) is 0 Å². The number of H-pyrrole nitrogens is 1. The first kappa shape index (κ1) is 9.64. The fourth-order valence-electron chi connectivity index (χ4n) is 2.66. The van der Waals surface area contributed by atoms with Gasteiger partial charge in [-0.1, -0.05) is 0 Å². The van der Waals surface area contributed by atoms with E-state index in [0.29, 0.717) is 0 Å². The molecule has 1 heterocycles. The molecule has 0 amide bonds. The van der Waals surface area contributed by atoms with Gasteiger partial charge in [0.1, 0.15) is 0 Å². The molecule has 0 spiro atoms. The van der Waals surface area contributed by atoms with Crippen molar-refractivity contribution in [3.63, 3.8) is 0 Å². The van der Waals surface area contributed by atoms with E-state index in [0.717, 1.165) is 29.1 Å². The van der Waals surface area contributed by atoms with Crippen LogP contribution in [-0.4, -0.2) is 9.55 Å². The predicted molar refractivity (Wildman–Crippen MR) is 63.3 cm³/mol. The van der Waals surface area contributed by atoms with E-state index in [-0.39, 0.29) is 0 Å². The van der Waals surface area contributed by atoms with Gasteiger partial charge in [-0.15, -0.1) is 0 Å². The molecule has 0 atom stereocenters. The van der Waals surface area contributed by atoms with Gasteiger partial charge in [0.15, 0.2) is 4.77 Å². The zero-order valence-electron chi connectivity index (χ0n) is 9.20. The van der Waals surface area contributed by atoms with Crippen LogP contribution < -0.4 is 0 Å². The minimum atomic E-state index is 0.902. The van der Waals surface area contributed by atoms with Crippen molar-refractivity contribution in [3.05, 3.63) is 16.7 Å². The molecule has 2 saturated carbocycles. The molecule has 0 aliphatic heterocycles. The van der Waals surface area contributed by atoms with Gasteiger partial charge in [-0.3, -0.25) is 0 Å². The maximum atomic E-state index is 5.31. The lowest BCUT2D eigenvalue weighted by atomic mass is 9.98. The van der Waals surface area contributed by atoms with E-state index < -0.39 is 0 Å². The Hall–Kier alpha value is -0.570. The third-order valence-electron chi connectivity index (χ3n) is 3.78. The number of aromatic amines is 1. The second-order valence-corrected chi connectivity index (χ2v) is 5.62. The number of nitrogens with one attached hydrogen (secondary N) is 1. The normalized spacial score (nSPS) is 21.2. The van der Waals surface area contributed by atoms with Crippen LogP contribution in [0, 0.1) is 29.4 Å². The van der Waals surface area contributed by atoms with Crippen molar-refractivity contribution in [1.29, 1.82) is 0 Å². The maximum absolute atomic E-state index is 5.31. The molecule has 1 aromatic heterocycles. The van der Waals surface area contributed by atoms with Gasteiger partial charge in [0, 0.05) is 18.4 Å². The Kier molecular flexibility index (Phi) is 2.23. The second kappa shape index (κ2) is 3.48. The molecule has 3 heteroatoms. The first-order chi connectivity index (χ1) is 7.24. The third-order valence-corrected chi connectivity index (χ3v) is 4.11. The Labute approximate surface area is 95.7 Å². The molecule has 1 N–H and O–H groups in total. The van der Waals surface area contributed by atoms with Gasteiger partial charge < -0.3 is 9.55 Å². The van der Waals surface area contributed by atoms with E-state index in [2.05, 4.69) is 22.7 Å². The Morgan fingerprint density at radius 1 is 1.40 bits per heavy atom. The topological polar surface area (TPSA) is 20.7 Å². The minimum Gasteiger partial charge on any atom is -0.335 e. The zero-order valence-corrected chi connectivity index (χ0v) is 10.0. The average Bonchev–Trinajstić information content (AvgIpc) is 3.05. The van der Waals surface area contributed by atoms with Gasteiger partial charge in [0.2, 0.25) is 0 Å². The smallest absolute Gasteiger partial charge is 0.177 e. The van der Waals surface area contributed by atoms with Gasteiger partial charge >= 0.3 is 0 Å². The highest BCUT2D eigenvalue weighted by Gasteiger charge is 2.41. The number of hydrogen-bond donors (Lipinski definition) is 1. The summed E-state index contributed by atoms with van der Waals surface area (Å²) in [6, 6.07) is 0. The van der Waals surface area contributed by atoms with Gasteiger partial charge in [0.25, 0.3) is 0 Å². The molecule has 2 fully saturated rings. The molecule has 2 nitrogen and oxygen atoms in total. The van der Waals surface area contributed by atoms with Gasteiger partial charge in [-0.25, -0.2) is 0 Å². The number of aromatic nitrogens is 2. The molecule has 82 valence electrons. The van der Waals surface area contributed by atoms with E-state index >= 15 is 0 Å². The molecule has 3 rings (SSSR count). The van der Waals surface area contributed by atoms with Crippen LogP contribution in [0.2, 0.25) is 0 Å². The van der Waals surface area contributed by atoms with Crippen molar-refractivity contribution in [3.8, 4) is 0 Å². The molecular formula is C12H18N2S. The van der Waals surface area contributed by atoms with Crippen molar-refractivity contribution in [2.45, 2.75) is 39.2 Å². The monoisotopic (exact) mass is 222 g/mol. The third kappa shape index (κ3) is 2.03. The van der Waals surface area contributed by atoms with E-state index in [1.807, 2.05) is 0 Å². The lowest BCUT2D eigenvalue weighted by Gasteiger charge is -2.15. The lowest BCUT2D eigenvalue weighted by Crippen LogP contribution is -2.14. The van der Waals surface area contributed by atoms with Gasteiger partial charge in [-0.2, -0.15) is 0 Å². The number of hydrogen-bond acceptors (Lipinski definition) is 1. The summed E-state index contributed by atoms with van der Waals surface area (Å²) in [5, 5.41) is 0. The van der Waals surface area contributed by atoms with Crippen LogP contribution in [0.4, 0.5) is 0 Å². The fraction of sp³-hybridized carbons (Fsp3) is 0.750. The summed E-state index contributed by atoms with van der Waals surface area (Å²) >= 11 is 5.31. The number of nitrogens with zero attached hydrogens (tertiary/aromatic N) is 1. The lowest BCUT2D eigenvalue weighted by molar-refractivity contribution is 0.347. The Morgan fingerprint density at radius 3 is 2.40 bits per heavy atom. The van der Waals surface area contributed by atoms with Crippen molar-refractivity contribution in [2.75, 3.05) is 0 Å². The highest BCUT2D eigenvalue weighted by molar-refractivity contribution is 7.71. The van der Waals surface area contributed by atoms with Crippen LogP contribution in [0.5, 0.6) is 0 Å². The Morgan fingerprint density at radius 2 is 2.00 bits per heavy atom. The van der Waals surface area contributed by atoms with E-state index in [9.17, 15) is 0 Å². The van der Waals surface area contributed by atoms with Crippen LogP contribution in [0.3, 0.4) is 0 Å². The minimum absolute atomic E-state index is 0.902. The van der Waals surface area contributed by atoms with Crippen LogP contribution in [-0.2, 0) is 6.54 Å². The standard InChI is InChI=1S/C12H18N2S/c1-8-6-14(12(15)13-8)7-11(9-2-3-9)10-4-5-10/h6,9-11H,2-5,7H2,1H3,(H,13,15). The maximum Gasteiger partial charge on any atom is 0.177 e. The van der Waals surface area contributed by atoms with Crippen LogP contribution >= 0.6 is 12.2 Å². The molecule has 0 radical (unpaired) electrons. The van der Waals surface area contributed by atoms with Crippen molar-refractivity contribution in [1.82, 2.24) is 9.55 Å². The molecule has 15 heavy (non-hydrogen) atoms. The van der Waals surface area contributed by atoms with Crippen molar-refractivity contribution < 1.29 is 0 Å². The highest BCUT2D eigenvalue weighted by Crippen LogP contribution is 2.49. The molecule has 0 bridgehead atoms. The molecule has 0 saturated heterocycles. The molecule has 2 aliphatic rings. The van der Waals surface area contributed by atoms with Crippen molar-refractivity contribution >= 4 is 12.2 Å². The Bertz CT molecular complexity index is 398. The summed E-state index contributed by atoms with van der Waals surface area (Å²) in [5.74, 6) is 2.93. The highest BCUT2D eigenvalue weighted by atomic mass is 32.1. The fourth-order valence-corrected chi connectivity index (χ4v) is 2.95. The average molecular weight is 222 g/mol.